The van der Waals surface area contributed by atoms with Crippen molar-refractivity contribution in [2.75, 3.05) is 53.5 Å². The Morgan fingerprint density at radius 2 is 1.79 bits per heavy atom. The van der Waals surface area contributed by atoms with Crippen LogP contribution < -0.4 is 25.8 Å². The molecule has 0 radical (unpaired) electrons. The molecule has 0 aliphatic carbocycles. The molecule has 0 aromatic heterocycles. The lowest BCUT2D eigenvalue weighted by Crippen LogP contribution is -2.38. The summed E-state index contributed by atoms with van der Waals surface area (Å²) in [5.74, 6) is 0. The Morgan fingerprint density at radius 1 is 1.09 bits per heavy atom. The van der Waals surface area contributed by atoms with E-state index in [4.69, 9.17) is 5.73 Å². The number of rotatable bonds is 14. The summed E-state index contributed by atoms with van der Waals surface area (Å²) in [6.07, 6.45) is 3.37. The van der Waals surface area contributed by atoms with E-state index >= 15 is 0 Å². The van der Waals surface area contributed by atoms with E-state index in [1.54, 1.807) is 0 Å². The molecule has 5 N–H and O–H groups in total. The van der Waals surface area contributed by atoms with Crippen LogP contribution in [0.2, 0.25) is 0 Å². The number of anilines is 4. The van der Waals surface area contributed by atoms with Gasteiger partial charge in [0.05, 0.1) is 30.3 Å². The summed E-state index contributed by atoms with van der Waals surface area (Å²) in [6, 6.07) is 12.1. The van der Waals surface area contributed by atoms with Gasteiger partial charge >= 0.3 is 0 Å². The summed E-state index contributed by atoms with van der Waals surface area (Å²) in [7, 11) is -3.29. The second kappa shape index (κ2) is 12.8. The van der Waals surface area contributed by atoms with Crippen LogP contribution in [-0.4, -0.2) is 52.1 Å². The highest BCUT2D eigenvalue weighted by molar-refractivity contribution is 7.88. The van der Waals surface area contributed by atoms with E-state index in [0.29, 0.717) is 19.5 Å². The molecule has 0 saturated carbocycles. The van der Waals surface area contributed by atoms with E-state index < -0.39 is 10.0 Å². The predicted molar refractivity (Wildman–Crippen MR) is 144 cm³/mol. The van der Waals surface area contributed by atoms with E-state index in [0.717, 1.165) is 59.5 Å². The number of nitrogen functional groups attached to an aromatic ring is 1. The Labute approximate surface area is 205 Å². The fraction of sp³-hybridized carbons (Fsp3) is 0.520. The topological polar surface area (TPSA) is 111 Å². The number of aliphatic hydroxyl groups is 1. The largest absolute Gasteiger partial charge is 0.399 e. The molecule has 0 amide bonds. The standard InChI is InChI=1S/C25H41N5O3S/c1-6-9-20-17-22(10-12-24(20)26)30(15-14-27-34(5,32)33)28-25-13-11-21(16-19(25)4)29(8-3)18-23(31)7-2/h10-13,16-17,23,27-28,31H,6-9,14-15,18,26H2,1-5H3. The van der Waals surface area contributed by atoms with Crippen molar-refractivity contribution in [1.29, 1.82) is 0 Å². The van der Waals surface area contributed by atoms with Gasteiger partial charge in [-0.25, -0.2) is 13.1 Å². The monoisotopic (exact) mass is 491 g/mol. The molecule has 34 heavy (non-hydrogen) atoms. The van der Waals surface area contributed by atoms with Gasteiger partial charge in [0.2, 0.25) is 10.0 Å². The number of hydrazine groups is 1. The van der Waals surface area contributed by atoms with Crippen LogP contribution in [0.4, 0.5) is 22.7 Å². The second-order valence-electron chi connectivity index (χ2n) is 8.66. The van der Waals surface area contributed by atoms with E-state index in [2.05, 4.69) is 41.0 Å². The average Bonchev–Trinajstić information content (AvgIpc) is 2.78. The lowest BCUT2D eigenvalue weighted by atomic mass is 10.1. The smallest absolute Gasteiger partial charge is 0.208 e. The van der Waals surface area contributed by atoms with E-state index in [9.17, 15) is 13.5 Å². The lowest BCUT2D eigenvalue weighted by Gasteiger charge is -2.30. The SMILES string of the molecule is CCCc1cc(N(CCNS(C)(=O)=O)Nc2ccc(N(CC)CC(O)CC)cc2C)ccc1N. The predicted octanol–water partition coefficient (Wildman–Crippen LogP) is 3.51. The number of nitrogens with one attached hydrogen (secondary N) is 2. The van der Waals surface area contributed by atoms with Crippen LogP contribution >= 0.6 is 0 Å². The van der Waals surface area contributed by atoms with Crippen molar-refractivity contribution in [3.8, 4) is 0 Å². The first-order valence-electron chi connectivity index (χ1n) is 12.0. The molecule has 9 heteroatoms. The number of hydrogen-bond acceptors (Lipinski definition) is 7. The summed E-state index contributed by atoms with van der Waals surface area (Å²) in [6.45, 7) is 10.3. The van der Waals surface area contributed by atoms with E-state index in [1.807, 2.05) is 43.1 Å². The number of nitrogens with zero attached hydrogens (tertiary/aromatic N) is 2. The Morgan fingerprint density at radius 3 is 2.38 bits per heavy atom. The van der Waals surface area contributed by atoms with Crippen LogP contribution in [0.25, 0.3) is 0 Å². The summed E-state index contributed by atoms with van der Waals surface area (Å²) in [4.78, 5) is 2.16. The van der Waals surface area contributed by atoms with E-state index in [-0.39, 0.29) is 12.6 Å². The quantitative estimate of drug-likeness (QED) is 0.236. The first-order chi connectivity index (χ1) is 16.1. The molecule has 0 aliphatic heterocycles. The number of likely N-dealkylation sites (N-methyl/N-ethyl adjacent to an activating group) is 1. The molecule has 0 fully saturated rings. The Hall–Kier alpha value is -2.49. The summed E-state index contributed by atoms with van der Waals surface area (Å²) in [5.41, 5.74) is 15.4. The number of aryl methyl sites for hydroxylation is 2. The first kappa shape index (κ1) is 27.8. The molecule has 8 nitrogen and oxygen atoms in total. The minimum atomic E-state index is -3.29. The maximum atomic E-state index is 11.6. The minimum absolute atomic E-state index is 0.259. The Kier molecular flexibility index (Phi) is 10.5. The van der Waals surface area contributed by atoms with Gasteiger partial charge in [0.1, 0.15) is 0 Å². The minimum Gasteiger partial charge on any atom is -0.399 e. The number of benzene rings is 2. The van der Waals surface area contributed by atoms with Crippen molar-refractivity contribution in [3.63, 3.8) is 0 Å². The third-order valence-electron chi connectivity index (χ3n) is 5.77. The van der Waals surface area contributed by atoms with Gasteiger partial charge in [0, 0.05) is 31.0 Å². The Balaban J connectivity index is 2.30. The molecule has 190 valence electrons. The summed E-state index contributed by atoms with van der Waals surface area (Å²) >= 11 is 0. The van der Waals surface area contributed by atoms with Gasteiger partial charge in [-0.3, -0.25) is 10.4 Å². The van der Waals surface area contributed by atoms with Crippen molar-refractivity contribution in [3.05, 3.63) is 47.5 Å². The van der Waals surface area contributed by atoms with Gasteiger partial charge in [-0.1, -0.05) is 20.3 Å². The highest BCUT2D eigenvalue weighted by Gasteiger charge is 2.14. The summed E-state index contributed by atoms with van der Waals surface area (Å²) in [5, 5.41) is 12.0. The molecule has 1 unspecified atom stereocenters. The first-order valence-corrected chi connectivity index (χ1v) is 13.9. The van der Waals surface area contributed by atoms with Crippen LogP contribution in [0.15, 0.2) is 36.4 Å². The van der Waals surface area contributed by atoms with Crippen LogP contribution in [0, 0.1) is 6.92 Å². The number of hydrogen-bond donors (Lipinski definition) is 4. The zero-order valence-electron chi connectivity index (χ0n) is 21.1. The maximum Gasteiger partial charge on any atom is 0.208 e. The van der Waals surface area contributed by atoms with Crippen molar-refractivity contribution < 1.29 is 13.5 Å². The van der Waals surface area contributed by atoms with Gasteiger partial charge < -0.3 is 15.7 Å². The third-order valence-corrected chi connectivity index (χ3v) is 6.50. The number of aliphatic hydroxyl groups excluding tert-OH is 1. The second-order valence-corrected chi connectivity index (χ2v) is 10.5. The normalized spacial score (nSPS) is 12.4. The molecule has 2 rings (SSSR count). The molecule has 0 bridgehead atoms. The molecule has 0 saturated heterocycles. The van der Waals surface area contributed by atoms with Crippen LogP contribution in [-0.2, 0) is 16.4 Å². The van der Waals surface area contributed by atoms with Crippen LogP contribution in [0.1, 0.15) is 44.7 Å². The van der Waals surface area contributed by atoms with Gasteiger partial charge in [-0.05, 0) is 74.2 Å². The zero-order valence-corrected chi connectivity index (χ0v) is 22.0. The van der Waals surface area contributed by atoms with Crippen LogP contribution in [0.3, 0.4) is 0 Å². The highest BCUT2D eigenvalue weighted by Crippen LogP contribution is 2.27. The summed E-state index contributed by atoms with van der Waals surface area (Å²) < 4.78 is 25.7. The fourth-order valence-electron chi connectivity index (χ4n) is 3.75. The molecule has 0 spiro atoms. The molecular weight excluding hydrogens is 450 g/mol. The van der Waals surface area contributed by atoms with Crippen molar-refractivity contribution in [1.82, 2.24) is 4.72 Å². The number of nitrogens with two attached hydrogens (primary N) is 1. The molecular formula is C25H41N5O3S. The third kappa shape index (κ3) is 8.38. The molecule has 1 atom stereocenters. The Bertz CT molecular complexity index is 1030. The van der Waals surface area contributed by atoms with Gasteiger partial charge in [-0.2, -0.15) is 0 Å². The highest BCUT2D eigenvalue weighted by atomic mass is 32.2. The average molecular weight is 492 g/mol. The lowest BCUT2D eigenvalue weighted by molar-refractivity contribution is 0.176. The zero-order chi connectivity index (χ0) is 25.3. The van der Waals surface area contributed by atoms with Crippen molar-refractivity contribution in [2.24, 2.45) is 0 Å². The van der Waals surface area contributed by atoms with Crippen molar-refractivity contribution in [2.45, 2.75) is 53.1 Å². The number of sulfonamides is 1. The maximum absolute atomic E-state index is 11.6. The molecule has 0 heterocycles. The van der Waals surface area contributed by atoms with Gasteiger partial charge in [0.15, 0.2) is 0 Å². The van der Waals surface area contributed by atoms with Crippen molar-refractivity contribution >= 4 is 32.8 Å². The van der Waals surface area contributed by atoms with Gasteiger partial charge in [0.25, 0.3) is 0 Å². The van der Waals surface area contributed by atoms with Gasteiger partial charge in [-0.15, -0.1) is 0 Å². The molecule has 2 aromatic rings. The molecule has 2 aromatic carbocycles. The molecule has 0 aliphatic rings. The van der Waals surface area contributed by atoms with E-state index in [1.165, 1.54) is 0 Å². The van der Waals surface area contributed by atoms with Crippen LogP contribution in [0.5, 0.6) is 0 Å². The fourth-order valence-corrected chi connectivity index (χ4v) is 4.22.